The summed E-state index contributed by atoms with van der Waals surface area (Å²) < 4.78 is 11.9. The third-order valence-corrected chi connectivity index (χ3v) is 13.5. The molecular formula is C54H67N7O8. The van der Waals surface area contributed by atoms with Gasteiger partial charge in [-0.1, -0.05) is 138 Å². The number of carbonyl (C=O) groups excluding carboxylic acids is 6. The standard InChI is InChI=1S/C54H67N7O8/c1-4-5-6-7-8-9-10-11-12-19-32-59-45-35-39(55-49(62)43-26-20-33-60(43)51(64)47(57-53(66)68-2)37-22-15-13-16-23-37)28-30-41(45)42-31-29-40(36-46(42)59)56-50(63)44-27-21-34-61(44)52(65)48(58-54(67)69-3)38-24-17-14-18-25-38/h13-18,22-25,28-31,35-36,43-44,47-48H,4-12,19-21,26-27,32-34H2,1-3H3,(H,55,62)(H,56,63)(H,57,66)(H,58,67)/t43-,44-,47+,48+/m0/s1. The zero-order valence-electron chi connectivity index (χ0n) is 40.2. The molecule has 4 aromatic carbocycles. The maximum Gasteiger partial charge on any atom is 0.407 e. The number of benzene rings is 4. The number of hydrogen-bond acceptors (Lipinski definition) is 8. The normalized spacial score (nSPS) is 16.5. The number of anilines is 2. The molecule has 0 spiro atoms. The molecule has 6 amide bonds. The van der Waals surface area contributed by atoms with Gasteiger partial charge in [0.05, 0.1) is 25.3 Å². The van der Waals surface area contributed by atoms with Crippen molar-refractivity contribution in [2.45, 2.75) is 128 Å². The highest BCUT2D eigenvalue weighted by Gasteiger charge is 2.40. The van der Waals surface area contributed by atoms with E-state index < -0.39 is 48.2 Å². The molecule has 366 valence electrons. The van der Waals surface area contributed by atoms with Crippen molar-refractivity contribution >= 4 is 69.0 Å². The van der Waals surface area contributed by atoms with Crippen LogP contribution in [-0.2, 0) is 35.2 Å². The second kappa shape index (κ2) is 24.4. The molecule has 0 aliphatic carbocycles. The number of nitrogens with zero attached hydrogens (tertiary/aromatic N) is 3. The number of aromatic nitrogens is 1. The number of hydrogen-bond donors (Lipinski definition) is 4. The molecule has 2 aliphatic rings. The van der Waals surface area contributed by atoms with Crippen molar-refractivity contribution < 1.29 is 38.2 Å². The molecule has 2 fully saturated rings. The molecule has 2 aliphatic heterocycles. The van der Waals surface area contributed by atoms with Crippen LogP contribution in [0.15, 0.2) is 97.1 Å². The van der Waals surface area contributed by atoms with Gasteiger partial charge in [-0.25, -0.2) is 9.59 Å². The number of aryl methyl sites for hydroxylation is 1. The molecule has 4 N–H and O–H groups in total. The number of carbonyl (C=O) groups is 6. The summed E-state index contributed by atoms with van der Waals surface area (Å²) in [5, 5.41) is 13.5. The highest BCUT2D eigenvalue weighted by Crippen LogP contribution is 2.35. The average molecular weight is 942 g/mol. The van der Waals surface area contributed by atoms with Crippen molar-refractivity contribution in [1.29, 1.82) is 0 Å². The zero-order valence-corrected chi connectivity index (χ0v) is 40.2. The number of fused-ring (bicyclic) bond motifs is 3. The average Bonchev–Trinajstić information content (AvgIpc) is 4.14. The number of rotatable bonds is 21. The minimum Gasteiger partial charge on any atom is -0.453 e. The van der Waals surface area contributed by atoms with Crippen molar-refractivity contribution in [1.82, 2.24) is 25.0 Å². The maximum atomic E-state index is 14.1. The van der Waals surface area contributed by atoms with E-state index in [1.807, 2.05) is 48.5 Å². The molecule has 15 nitrogen and oxygen atoms in total. The van der Waals surface area contributed by atoms with E-state index in [-0.39, 0.29) is 11.8 Å². The van der Waals surface area contributed by atoms with Crippen LogP contribution in [0.1, 0.15) is 120 Å². The van der Waals surface area contributed by atoms with Crippen molar-refractivity contribution in [2.24, 2.45) is 0 Å². The molecule has 3 heterocycles. The van der Waals surface area contributed by atoms with Gasteiger partial charge in [-0.15, -0.1) is 0 Å². The number of amides is 6. The summed E-state index contributed by atoms with van der Waals surface area (Å²) in [6.45, 7) is 3.68. The van der Waals surface area contributed by atoms with Gasteiger partial charge in [-0.05, 0) is 67.5 Å². The van der Waals surface area contributed by atoms with Gasteiger partial charge in [0.1, 0.15) is 24.2 Å². The van der Waals surface area contributed by atoms with E-state index in [2.05, 4.69) is 32.8 Å². The highest BCUT2D eigenvalue weighted by atomic mass is 16.5. The van der Waals surface area contributed by atoms with E-state index in [1.165, 1.54) is 59.2 Å². The Balaban J connectivity index is 1.11. The molecule has 7 rings (SSSR count). The van der Waals surface area contributed by atoms with E-state index >= 15 is 0 Å². The third kappa shape index (κ3) is 12.4. The quantitative estimate of drug-likeness (QED) is 0.0525. The summed E-state index contributed by atoms with van der Waals surface area (Å²) in [5.74, 6) is -1.41. The Morgan fingerprint density at radius 1 is 0.551 bits per heavy atom. The lowest BCUT2D eigenvalue weighted by atomic mass is 10.0. The van der Waals surface area contributed by atoms with Crippen LogP contribution in [0, 0.1) is 0 Å². The van der Waals surface area contributed by atoms with E-state index in [9.17, 15) is 28.8 Å². The summed E-state index contributed by atoms with van der Waals surface area (Å²) in [6.07, 6.45) is 12.7. The fourth-order valence-electron chi connectivity index (χ4n) is 9.86. The molecule has 4 atom stereocenters. The summed E-state index contributed by atoms with van der Waals surface area (Å²) in [4.78, 5) is 84.2. The Morgan fingerprint density at radius 2 is 0.957 bits per heavy atom. The zero-order chi connectivity index (χ0) is 48.7. The minimum atomic E-state index is -1.03. The van der Waals surface area contributed by atoms with Gasteiger partial charge in [0, 0.05) is 41.8 Å². The molecule has 69 heavy (non-hydrogen) atoms. The molecule has 0 saturated carbocycles. The number of ether oxygens (including phenoxy) is 2. The van der Waals surface area contributed by atoms with Crippen molar-refractivity contribution in [3.8, 4) is 0 Å². The van der Waals surface area contributed by atoms with Crippen LogP contribution in [0.4, 0.5) is 21.0 Å². The first-order chi connectivity index (χ1) is 33.6. The lowest BCUT2D eigenvalue weighted by molar-refractivity contribution is -0.138. The van der Waals surface area contributed by atoms with E-state index in [1.54, 1.807) is 58.3 Å². The van der Waals surface area contributed by atoms with Gasteiger partial charge in [0.2, 0.25) is 11.8 Å². The molecule has 0 bridgehead atoms. The monoisotopic (exact) mass is 942 g/mol. The second-order valence-electron chi connectivity index (χ2n) is 18.1. The third-order valence-electron chi connectivity index (χ3n) is 13.5. The first kappa shape index (κ1) is 50.0. The predicted molar refractivity (Wildman–Crippen MR) is 267 cm³/mol. The lowest BCUT2D eigenvalue weighted by Crippen LogP contribution is -2.48. The maximum absolute atomic E-state index is 14.1. The first-order valence-corrected chi connectivity index (χ1v) is 24.7. The van der Waals surface area contributed by atoms with Crippen molar-refractivity contribution in [2.75, 3.05) is 37.9 Å². The van der Waals surface area contributed by atoms with Crippen molar-refractivity contribution in [3.05, 3.63) is 108 Å². The van der Waals surface area contributed by atoms with Gasteiger partial charge in [0.25, 0.3) is 11.8 Å². The Labute approximate surface area is 404 Å². The Kier molecular flexibility index (Phi) is 17.7. The number of methoxy groups -OCH3 is 2. The van der Waals surface area contributed by atoms with Crippen molar-refractivity contribution in [3.63, 3.8) is 0 Å². The molecule has 0 radical (unpaired) electrons. The summed E-state index contributed by atoms with van der Waals surface area (Å²) >= 11 is 0. The van der Waals surface area contributed by atoms with Crippen LogP contribution >= 0.6 is 0 Å². The van der Waals surface area contributed by atoms with Crippen LogP contribution in [0.25, 0.3) is 21.8 Å². The van der Waals surface area contributed by atoms with Gasteiger partial charge in [-0.2, -0.15) is 0 Å². The van der Waals surface area contributed by atoms with E-state index in [0.29, 0.717) is 67.8 Å². The van der Waals surface area contributed by atoms with Gasteiger partial charge in [-0.3, -0.25) is 19.2 Å². The number of alkyl carbamates (subject to hydrolysis) is 2. The van der Waals surface area contributed by atoms with Crippen LogP contribution in [0.5, 0.6) is 0 Å². The lowest BCUT2D eigenvalue weighted by Gasteiger charge is -2.28. The fraction of sp³-hybridized carbons (Fsp3) is 0.444. The molecular weight excluding hydrogens is 875 g/mol. The molecule has 5 aromatic rings. The topological polar surface area (TPSA) is 180 Å². The highest BCUT2D eigenvalue weighted by molar-refractivity contribution is 6.11. The number of unbranched alkanes of at least 4 members (excludes halogenated alkanes) is 9. The molecule has 1 aromatic heterocycles. The molecule has 0 unspecified atom stereocenters. The van der Waals surface area contributed by atoms with Crippen LogP contribution in [0.2, 0.25) is 0 Å². The van der Waals surface area contributed by atoms with Crippen LogP contribution in [0.3, 0.4) is 0 Å². The fourth-order valence-corrected chi connectivity index (χ4v) is 9.86. The van der Waals surface area contributed by atoms with Crippen LogP contribution in [-0.4, -0.2) is 89.6 Å². The van der Waals surface area contributed by atoms with E-state index in [0.717, 1.165) is 41.1 Å². The van der Waals surface area contributed by atoms with E-state index in [4.69, 9.17) is 9.47 Å². The largest absolute Gasteiger partial charge is 0.453 e. The smallest absolute Gasteiger partial charge is 0.407 e. The first-order valence-electron chi connectivity index (χ1n) is 24.7. The Bertz CT molecular complexity index is 2400. The van der Waals surface area contributed by atoms with Gasteiger partial charge in [0.15, 0.2) is 0 Å². The van der Waals surface area contributed by atoms with Gasteiger partial charge < -0.3 is 45.1 Å². The predicted octanol–water partition coefficient (Wildman–Crippen LogP) is 9.77. The summed E-state index contributed by atoms with van der Waals surface area (Å²) in [6, 6.07) is 26.0. The van der Waals surface area contributed by atoms with Gasteiger partial charge >= 0.3 is 12.2 Å². The Hall–Kier alpha value is -6.90. The summed E-state index contributed by atoms with van der Waals surface area (Å²) in [5.41, 5.74) is 4.18. The molecule has 2 saturated heterocycles. The molecule has 15 heteroatoms. The summed E-state index contributed by atoms with van der Waals surface area (Å²) in [7, 11) is 2.48. The Morgan fingerprint density at radius 3 is 1.36 bits per heavy atom. The SMILES string of the molecule is CCCCCCCCCCCCn1c2cc(NC(=O)[C@@H]3CCCN3C(=O)[C@H](NC(=O)OC)c3ccccc3)ccc2c2ccc(NC(=O)[C@@H]3CCCN3C(=O)[C@H](NC(=O)OC)c3ccccc3)cc21. The second-order valence-corrected chi connectivity index (χ2v) is 18.1. The number of likely N-dealkylation sites (tertiary alicyclic amines) is 2. The van der Waals surface area contributed by atoms with Crippen LogP contribution < -0.4 is 21.3 Å². The number of nitrogens with one attached hydrogen (secondary N) is 4. The minimum absolute atomic E-state index is 0.317.